The first-order chi connectivity index (χ1) is 11.7. The first-order valence-corrected chi connectivity index (χ1v) is 9.00. The summed E-state index contributed by atoms with van der Waals surface area (Å²) in [6.07, 6.45) is -0.450. The van der Waals surface area contributed by atoms with Gasteiger partial charge < -0.3 is 14.7 Å². The summed E-state index contributed by atoms with van der Waals surface area (Å²) in [4.78, 5) is 17.2. The van der Waals surface area contributed by atoms with Gasteiger partial charge in [-0.2, -0.15) is 0 Å². The van der Waals surface area contributed by atoms with Crippen molar-refractivity contribution in [2.45, 2.75) is 6.10 Å². The van der Waals surface area contributed by atoms with Gasteiger partial charge >= 0.3 is 0 Å². The fraction of sp³-hybridized carbons (Fsp3) is 0.389. The van der Waals surface area contributed by atoms with Crippen molar-refractivity contribution in [3.05, 3.63) is 52.7 Å². The number of aliphatic hydroxyl groups excluding tert-OH is 1. The lowest BCUT2D eigenvalue weighted by molar-refractivity contribution is -0.135. The van der Waals surface area contributed by atoms with Gasteiger partial charge in [0.05, 0.1) is 0 Å². The van der Waals surface area contributed by atoms with Gasteiger partial charge in [0.2, 0.25) is 0 Å². The number of ether oxygens (including phenoxy) is 1. The monoisotopic (exact) mass is 346 g/mol. The highest BCUT2D eigenvalue weighted by Crippen LogP contribution is 2.20. The predicted molar refractivity (Wildman–Crippen MR) is 94.2 cm³/mol. The van der Waals surface area contributed by atoms with Gasteiger partial charge in [0.1, 0.15) is 11.9 Å². The normalized spacial score (nSPS) is 16.8. The van der Waals surface area contributed by atoms with Crippen LogP contribution in [0.2, 0.25) is 0 Å². The molecule has 2 heterocycles. The molecule has 24 heavy (non-hydrogen) atoms. The van der Waals surface area contributed by atoms with Crippen LogP contribution in [0.1, 0.15) is 11.0 Å². The molecule has 2 aromatic rings. The number of hydrogen-bond donors (Lipinski definition) is 1. The van der Waals surface area contributed by atoms with Crippen LogP contribution in [0.25, 0.3) is 0 Å². The molecule has 3 rings (SSSR count). The topological polar surface area (TPSA) is 53.0 Å². The molecule has 1 amide bonds. The number of thiophene rings is 1. The Labute approximate surface area is 146 Å². The number of para-hydroxylation sites is 1. The van der Waals surface area contributed by atoms with Gasteiger partial charge in [-0.1, -0.05) is 24.3 Å². The Balaban J connectivity index is 1.40. The van der Waals surface area contributed by atoms with Crippen LogP contribution in [-0.2, 0) is 4.79 Å². The molecule has 1 aliphatic heterocycles. The van der Waals surface area contributed by atoms with Crippen LogP contribution in [0, 0.1) is 0 Å². The second-order valence-electron chi connectivity index (χ2n) is 5.81. The minimum absolute atomic E-state index is 0.0114. The zero-order chi connectivity index (χ0) is 16.8. The van der Waals surface area contributed by atoms with Crippen LogP contribution < -0.4 is 4.74 Å². The summed E-state index contributed by atoms with van der Waals surface area (Å²) >= 11 is 1.57. The summed E-state index contributed by atoms with van der Waals surface area (Å²) in [7, 11) is 0. The average Bonchev–Trinajstić information content (AvgIpc) is 3.16. The number of piperazine rings is 1. The van der Waals surface area contributed by atoms with Gasteiger partial charge in [-0.3, -0.25) is 9.69 Å². The molecule has 6 heteroatoms. The van der Waals surface area contributed by atoms with E-state index in [-0.39, 0.29) is 12.5 Å². The molecule has 0 spiro atoms. The third-order valence-electron chi connectivity index (χ3n) is 4.13. The molecule has 128 valence electrons. The summed E-state index contributed by atoms with van der Waals surface area (Å²) in [5.41, 5.74) is 0. The van der Waals surface area contributed by atoms with Gasteiger partial charge in [0.15, 0.2) is 6.61 Å². The largest absolute Gasteiger partial charge is 0.484 e. The molecule has 1 fully saturated rings. The number of amides is 1. The number of hydrogen-bond acceptors (Lipinski definition) is 5. The molecule has 1 N–H and O–H groups in total. The maximum absolute atomic E-state index is 12.2. The Bertz CT molecular complexity index is 625. The van der Waals surface area contributed by atoms with E-state index in [1.807, 2.05) is 52.7 Å². The number of carbonyl (C=O) groups is 1. The number of rotatable bonds is 6. The van der Waals surface area contributed by atoms with Gasteiger partial charge in [0.25, 0.3) is 5.91 Å². The van der Waals surface area contributed by atoms with E-state index in [2.05, 4.69) is 4.90 Å². The maximum atomic E-state index is 12.2. The van der Waals surface area contributed by atoms with E-state index in [0.29, 0.717) is 25.4 Å². The smallest absolute Gasteiger partial charge is 0.260 e. The van der Waals surface area contributed by atoms with Crippen molar-refractivity contribution in [3.63, 3.8) is 0 Å². The van der Waals surface area contributed by atoms with Crippen LogP contribution >= 0.6 is 11.3 Å². The van der Waals surface area contributed by atoms with E-state index < -0.39 is 6.10 Å². The molecule has 0 bridgehead atoms. The van der Waals surface area contributed by atoms with Crippen molar-refractivity contribution in [1.29, 1.82) is 0 Å². The lowest BCUT2D eigenvalue weighted by Crippen LogP contribution is -2.50. The molecule has 1 aromatic heterocycles. The molecular formula is C18H22N2O3S. The summed E-state index contributed by atoms with van der Waals surface area (Å²) in [6.45, 7) is 3.59. The minimum Gasteiger partial charge on any atom is -0.484 e. The number of nitrogens with zero attached hydrogens (tertiary/aromatic N) is 2. The van der Waals surface area contributed by atoms with Crippen LogP contribution in [0.15, 0.2) is 47.8 Å². The van der Waals surface area contributed by atoms with Crippen molar-refractivity contribution in [2.75, 3.05) is 39.3 Å². The van der Waals surface area contributed by atoms with Crippen molar-refractivity contribution in [1.82, 2.24) is 9.80 Å². The van der Waals surface area contributed by atoms with Crippen LogP contribution in [0.5, 0.6) is 5.75 Å². The number of aliphatic hydroxyl groups is 1. The van der Waals surface area contributed by atoms with Crippen LogP contribution in [0.3, 0.4) is 0 Å². The summed E-state index contributed by atoms with van der Waals surface area (Å²) in [5.74, 6) is 0.723. The molecule has 0 radical (unpaired) electrons. The van der Waals surface area contributed by atoms with Crippen molar-refractivity contribution in [2.24, 2.45) is 0 Å². The summed E-state index contributed by atoms with van der Waals surface area (Å²) in [6, 6.07) is 13.3. The highest BCUT2D eigenvalue weighted by Gasteiger charge is 2.23. The zero-order valence-electron chi connectivity index (χ0n) is 13.5. The number of carbonyl (C=O) groups excluding carboxylic acids is 1. The predicted octanol–water partition coefficient (Wildman–Crippen LogP) is 2.00. The van der Waals surface area contributed by atoms with E-state index >= 15 is 0 Å². The lowest BCUT2D eigenvalue weighted by Gasteiger charge is -2.35. The molecule has 1 atom stereocenters. The van der Waals surface area contributed by atoms with Crippen molar-refractivity contribution in [3.8, 4) is 5.75 Å². The molecule has 0 aliphatic carbocycles. The number of benzene rings is 1. The highest BCUT2D eigenvalue weighted by molar-refractivity contribution is 7.10. The van der Waals surface area contributed by atoms with Gasteiger partial charge in [-0.25, -0.2) is 0 Å². The number of β-amino-alcohol motifs (C(OH)–C–C–N with tert-alkyl or cyclic N) is 1. The Kier molecular flexibility index (Phi) is 5.85. The molecule has 1 saturated heterocycles. The summed E-state index contributed by atoms with van der Waals surface area (Å²) in [5, 5.41) is 12.2. The molecule has 5 nitrogen and oxygen atoms in total. The Morgan fingerprint density at radius 3 is 2.54 bits per heavy atom. The zero-order valence-corrected chi connectivity index (χ0v) is 14.3. The van der Waals surface area contributed by atoms with Gasteiger partial charge in [-0.15, -0.1) is 11.3 Å². The highest BCUT2D eigenvalue weighted by atomic mass is 32.1. The minimum atomic E-state index is -0.450. The summed E-state index contributed by atoms with van der Waals surface area (Å²) < 4.78 is 5.52. The van der Waals surface area contributed by atoms with E-state index in [4.69, 9.17) is 4.74 Å². The van der Waals surface area contributed by atoms with Crippen LogP contribution in [0.4, 0.5) is 0 Å². The average molecular weight is 346 g/mol. The molecule has 0 saturated carbocycles. The van der Waals surface area contributed by atoms with Crippen molar-refractivity contribution >= 4 is 17.2 Å². The fourth-order valence-electron chi connectivity index (χ4n) is 2.75. The lowest BCUT2D eigenvalue weighted by atomic mass is 10.2. The SMILES string of the molecule is O=C(COc1ccccc1)N1CCN(CC(O)c2cccs2)CC1. The fourth-order valence-corrected chi connectivity index (χ4v) is 3.45. The van der Waals surface area contributed by atoms with E-state index in [0.717, 1.165) is 18.0 Å². The van der Waals surface area contributed by atoms with E-state index in [9.17, 15) is 9.90 Å². The molecule has 1 aromatic carbocycles. The third kappa shape index (κ3) is 4.56. The maximum Gasteiger partial charge on any atom is 0.260 e. The second kappa shape index (κ2) is 8.28. The molecule has 1 unspecified atom stereocenters. The quantitative estimate of drug-likeness (QED) is 0.869. The first-order valence-electron chi connectivity index (χ1n) is 8.12. The third-order valence-corrected chi connectivity index (χ3v) is 5.11. The van der Waals surface area contributed by atoms with E-state index in [1.165, 1.54) is 0 Å². The molecule has 1 aliphatic rings. The van der Waals surface area contributed by atoms with Crippen molar-refractivity contribution < 1.29 is 14.6 Å². The Morgan fingerprint density at radius 2 is 1.88 bits per heavy atom. The second-order valence-corrected chi connectivity index (χ2v) is 6.79. The Morgan fingerprint density at radius 1 is 1.12 bits per heavy atom. The van der Waals surface area contributed by atoms with Gasteiger partial charge in [0, 0.05) is 37.6 Å². The standard InChI is InChI=1S/C18H22N2O3S/c21-16(17-7-4-12-24-17)13-19-8-10-20(11-9-19)18(22)14-23-15-5-2-1-3-6-15/h1-7,12,16,21H,8-11,13-14H2. The molecular weight excluding hydrogens is 324 g/mol. The van der Waals surface area contributed by atoms with Crippen LogP contribution in [-0.4, -0.2) is 60.1 Å². The van der Waals surface area contributed by atoms with E-state index in [1.54, 1.807) is 11.3 Å². The van der Waals surface area contributed by atoms with Gasteiger partial charge in [-0.05, 0) is 23.6 Å². The Hall–Kier alpha value is -1.89. The first kappa shape index (κ1) is 17.0.